The van der Waals surface area contributed by atoms with E-state index in [1.165, 1.54) is 0 Å². The summed E-state index contributed by atoms with van der Waals surface area (Å²) in [7, 11) is 3.57. The molecule has 28 heavy (non-hydrogen) atoms. The summed E-state index contributed by atoms with van der Waals surface area (Å²) >= 11 is 0. The van der Waals surface area contributed by atoms with Gasteiger partial charge in [-0.05, 0) is 13.0 Å². The van der Waals surface area contributed by atoms with E-state index in [0.717, 1.165) is 27.8 Å². The molecule has 0 N–H and O–H groups in total. The number of benzene rings is 1. The molecule has 1 aliphatic heterocycles. The Morgan fingerprint density at radius 2 is 1.86 bits per heavy atom. The highest BCUT2D eigenvalue weighted by Gasteiger charge is 2.29. The molecule has 3 heterocycles. The highest BCUT2D eigenvalue weighted by Crippen LogP contribution is 2.32. The van der Waals surface area contributed by atoms with Crippen LogP contribution in [0.25, 0.3) is 22.0 Å². The molecule has 3 aromatic rings. The summed E-state index contributed by atoms with van der Waals surface area (Å²) in [5, 5.41) is 11.2. The second-order valence-corrected chi connectivity index (χ2v) is 7.32. The molecule has 1 unspecified atom stereocenters. The molecule has 0 radical (unpaired) electrons. The molecular formula is C21H24N6O. The quantitative estimate of drug-likeness (QED) is 0.688. The molecule has 1 fully saturated rings. The molecule has 0 bridgehead atoms. The predicted molar refractivity (Wildman–Crippen MR) is 110 cm³/mol. The summed E-state index contributed by atoms with van der Waals surface area (Å²) < 4.78 is 0. The molecule has 1 atom stereocenters. The Morgan fingerprint density at radius 1 is 1.07 bits per heavy atom. The number of pyridine rings is 1. The second kappa shape index (κ2) is 7.42. The number of rotatable bonds is 2. The van der Waals surface area contributed by atoms with Gasteiger partial charge >= 0.3 is 6.03 Å². The number of nitrogens with zero attached hydrogens (tertiary/aromatic N) is 6. The van der Waals surface area contributed by atoms with Gasteiger partial charge in [-0.1, -0.05) is 30.3 Å². The van der Waals surface area contributed by atoms with Crippen molar-refractivity contribution in [2.45, 2.75) is 13.0 Å². The van der Waals surface area contributed by atoms with Crippen molar-refractivity contribution >= 4 is 22.6 Å². The van der Waals surface area contributed by atoms with Crippen molar-refractivity contribution < 1.29 is 4.79 Å². The molecule has 0 spiro atoms. The molecule has 1 saturated heterocycles. The molecule has 2 amide bonds. The van der Waals surface area contributed by atoms with Gasteiger partial charge in [0.05, 0.1) is 0 Å². The predicted octanol–water partition coefficient (Wildman–Crippen LogP) is 2.88. The summed E-state index contributed by atoms with van der Waals surface area (Å²) in [6.45, 7) is 4.14. The van der Waals surface area contributed by atoms with E-state index < -0.39 is 0 Å². The van der Waals surface area contributed by atoms with Crippen LogP contribution in [0.1, 0.15) is 6.92 Å². The van der Waals surface area contributed by atoms with E-state index in [1.807, 2.05) is 47.5 Å². The van der Waals surface area contributed by atoms with E-state index in [4.69, 9.17) is 0 Å². The van der Waals surface area contributed by atoms with Crippen molar-refractivity contribution in [3.8, 4) is 11.3 Å². The van der Waals surface area contributed by atoms with Crippen LogP contribution < -0.4 is 4.90 Å². The minimum atomic E-state index is 0.0449. The number of anilines is 1. The van der Waals surface area contributed by atoms with E-state index in [1.54, 1.807) is 25.2 Å². The van der Waals surface area contributed by atoms with Gasteiger partial charge in [0.15, 0.2) is 5.82 Å². The Balaban J connectivity index is 1.70. The Morgan fingerprint density at radius 3 is 2.57 bits per heavy atom. The fourth-order valence-electron chi connectivity index (χ4n) is 3.73. The fraction of sp³-hybridized carbons (Fsp3) is 0.333. The third-order valence-corrected chi connectivity index (χ3v) is 5.16. The lowest BCUT2D eigenvalue weighted by molar-refractivity contribution is 0.161. The number of aromatic nitrogens is 3. The minimum absolute atomic E-state index is 0.0449. The van der Waals surface area contributed by atoms with Gasteiger partial charge in [0.1, 0.15) is 5.69 Å². The zero-order chi connectivity index (χ0) is 19.7. The summed E-state index contributed by atoms with van der Waals surface area (Å²) in [6, 6.07) is 12.2. The number of amides is 2. The van der Waals surface area contributed by atoms with Gasteiger partial charge in [0.25, 0.3) is 0 Å². The maximum Gasteiger partial charge on any atom is 0.319 e. The van der Waals surface area contributed by atoms with Crippen LogP contribution in [0, 0.1) is 0 Å². The zero-order valence-corrected chi connectivity index (χ0v) is 16.4. The first kappa shape index (κ1) is 18.2. The van der Waals surface area contributed by atoms with E-state index in [-0.39, 0.29) is 12.1 Å². The normalized spacial score (nSPS) is 17.0. The molecule has 0 saturated carbocycles. The van der Waals surface area contributed by atoms with Gasteiger partial charge in [0, 0.05) is 68.5 Å². The lowest BCUT2D eigenvalue weighted by atomic mass is 10.1. The maximum atomic E-state index is 12.3. The van der Waals surface area contributed by atoms with Gasteiger partial charge < -0.3 is 14.7 Å². The van der Waals surface area contributed by atoms with Crippen LogP contribution in [0.3, 0.4) is 0 Å². The van der Waals surface area contributed by atoms with Crippen molar-refractivity contribution in [3.63, 3.8) is 0 Å². The first-order chi connectivity index (χ1) is 13.6. The molecular weight excluding hydrogens is 352 g/mol. The zero-order valence-electron chi connectivity index (χ0n) is 16.4. The van der Waals surface area contributed by atoms with Gasteiger partial charge in [-0.3, -0.25) is 4.98 Å². The number of fused-ring (bicyclic) bond motifs is 1. The van der Waals surface area contributed by atoms with Crippen molar-refractivity contribution in [1.82, 2.24) is 25.0 Å². The Labute approximate surface area is 164 Å². The Kier molecular flexibility index (Phi) is 4.81. The van der Waals surface area contributed by atoms with Crippen molar-refractivity contribution in [2.24, 2.45) is 0 Å². The summed E-state index contributed by atoms with van der Waals surface area (Å²) in [5.74, 6) is 0.826. The van der Waals surface area contributed by atoms with Crippen LogP contribution in [0.15, 0.2) is 48.8 Å². The first-order valence-corrected chi connectivity index (χ1v) is 9.45. The summed E-state index contributed by atoms with van der Waals surface area (Å²) in [5.41, 5.74) is 1.89. The third-order valence-electron chi connectivity index (χ3n) is 5.16. The largest absolute Gasteiger partial charge is 0.348 e. The number of urea groups is 1. The Hall–Kier alpha value is -3.22. The van der Waals surface area contributed by atoms with Crippen LogP contribution in [-0.4, -0.2) is 70.8 Å². The number of carbonyl (C=O) groups is 1. The third kappa shape index (κ3) is 3.24. The highest BCUT2D eigenvalue weighted by molar-refractivity contribution is 5.99. The highest BCUT2D eigenvalue weighted by atomic mass is 16.2. The van der Waals surface area contributed by atoms with Crippen molar-refractivity contribution in [1.29, 1.82) is 0 Å². The van der Waals surface area contributed by atoms with Crippen molar-refractivity contribution in [3.05, 3.63) is 48.8 Å². The van der Waals surface area contributed by atoms with Gasteiger partial charge in [-0.15, -0.1) is 10.2 Å². The van der Waals surface area contributed by atoms with E-state index in [0.29, 0.717) is 19.6 Å². The molecule has 7 heteroatoms. The topological polar surface area (TPSA) is 65.5 Å². The number of piperazine rings is 1. The van der Waals surface area contributed by atoms with E-state index in [9.17, 15) is 4.79 Å². The minimum Gasteiger partial charge on any atom is -0.348 e. The molecule has 2 aromatic heterocycles. The number of hydrogen-bond acceptors (Lipinski definition) is 5. The SMILES string of the molecule is CC1CN(C(=O)N(C)C)CCN1c1nnc(-c2ccccc2)c2ccncc12. The second-order valence-electron chi connectivity index (χ2n) is 7.32. The first-order valence-electron chi connectivity index (χ1n) is 9.45. The average molecular weight is 376 g/mol. The molecule has 0 aliphatic carbocycles. The molecule has 1 aromatic carbocycles. The molecule has 144 valence electrons. The monoisotopic (exact) mass is 376 g/mol. The average Bonchev–Trinajstić information content (AvgIpc) is 2.73. The molecule has 1 aliphatic rings. The van der Waals surface area contributed by atoms with Crippen LogP contribution >= 0.6 is 0 Å². The molecule has 7 nitrogen and oxygen atoms in total. The van der Waals surface area contributed by atoms with Gasteiger partial charge in [-0.2, -0.15) is 0 Å². The van der Waals surface area contributed by atoms with E-state index in [2.05, 4.69) is 27.0 Å². The van der Waals surface area contributed by atoms with Crippen LogP contribution in [0.5, 0.6) is 0 Å². The lowest BCUT2D eigenvalue weighted by Crippen LogP contribution is -2.56. The van der Waals surface area contributed by atoms with Crippen molar-refractivity contribution in [2.75, 3.05) is 38.6 Å². The molecule has 4 rings (SSSR count). The summed E-state index contributed by atoms with van der Waals surface area (Å²) in [4.78, 5) is 22.4. The smallest absolute Gasteiger partial charge is 0.319 e. The number of carbonyl (C=O) groups excluding carboxylic acids is 1. The van der Waals surface area contributed by atoms with Gasteiger partial charge in [-0.25, -0.2) is 4.79 Å². The van der Waals surface area contributed by atoms with E-state index >= 15 is 0 Å². The standard InChI is InChI=1S/C21H24N6O/c1-15-14-26(21(28)25(2)3)11-12-27(15)20-18-13-22-10-9-17(18)19(23-24-20)16-7-5-4-6-8-16/h4-10,13,15H,11-12,14H2,1-3H3. The summed E-state index contributed by atoms with van der Waals surface area (Å²) in [6.07, 6.45) is 3.65. The Bertz CT molecular complexity index is 991. The maximum absolute atomic E-state index is 12.3. The number of hydrogen-bond donors (Lipinski definition) is 0. The van der Waals surface area contributed by atoms with Crippen LogP contribution in [0.4, 0.5) is 10.6 Å². The van der Waals surface area contributed by atoms with Crippen LogP contribution in [0.2, 0.25) is 0 Å². The van der Waals surface area contributed by atoms with Crippen LogP contribution in [-0.2, 0) is 0 Å². The van der Waals surface area contributed by atoms with Gasteiger partial charge in [0.2, 0.25) is 0 Å². The fourth-order valence-corrected chi connectivity index (χ4v) is 3.73. The lowest BCUT2D eigenvalue weighted by Gasteiger charge is -2.41.